The Kier molecular flexibility index (Phi) is 2.18. The summed E-state index contributed by atoms with van der Waals surface area (Å²) in [5, 5.41) is 0. The van der Waals surface area contributed by atoms with Gasteiger partial charge in [0.15, 0.2) is 4.77 Å². The number of imidazole rings is 1. The van der Waals surface area contributed by atoms with Crippen molar-refractivity contribution in [2.45, 2.75) is 32.7 Å². The van der Waals surface area contributed by atoms with Crippen molar-refractivity contribution in [2.75, 3.05) is 0 Å². The average molecular weight is 232 g/mol. The van der Waals surface area contributed by atoms with E-state index in [4.69, 9.17) is 12.2 Å². The van der Waals surface area contributed by atoms with Crippen LogP contribution in [0.2, 0.25) is 0 Å². The van der Waals surface area contributed by atoms with E-state index in [1.807, 2.05) is 6.07 Å². The van der Waals surface area contributed by atoms with Crippen LogP contribution in [-0.2, 0) is 6.54 Å². The number of nitrogens with one attached hydrogen (secondary N) is 1. The molecule has 0 amide bonds. The average Bonchev–Trinajstić information content (AvgIpc) is 3.01. The van der Waals surface area contributed by atoms with Crippen LogP contribution >= 0.6 is 12.2 Å². The molecule has 0 aliphatic heterocycles. The molecule has 2 aromatic rings. The molecule has 0 bridgehead atoms. The minimum Gasteiger partial charge on any atom is -0.331 e. The zero-order chi connectivity index (χ0) is 11.2. The first-order valence-electron chi connectivity index (χ1n) is 5.92. The van der Waals surface area contributed by atoms with Gasteiger partial charge in [-0.15, -0.1) is 0 Å². The van der Waals surface area contributed by atoms with Crippen molar-refractivity contribution in [3.05, 3.63) is 29.0 Å². The summed E-state index contributed by atoms with van der Waals surface area (Å²) in [6.45, 7) is 3.36. The fourth-order valence-electron chi connectivity index (χ4n) is 2.40. The van der Waals surface area contributed by atoms with Crippen LogP contribution in [0.1, 0.15) is 26.2 Å². The molecule has 1 fully saturated rings. The number of rotatable bonds is 3. The number of hydrogen-bond donors (Lipinski definition) is 1. The maximum Gasteiger partial charge on any atom is 0.178 e. The van der Waals surface area contributed by atoms with Crippen molar-refractivity contribution >= 4 is 23.3 Å². The molecular weight excluding hydrogens is 216 g/mol. The number of hydrogen-bond acceptors (Lipinski definition) is 1. The summed E-state index contributed by atoms with van der Waals surface area (Å²) >= 11 is 5.40. The standard InChI is InChI=1S/C13H16N2S/c1-2-13(7-8-13)9-15-11-6-4-3-5-10(11)14-12(15)16/h3-6H,2,7-9H2,1H3,(H,14,16). The minimum absolute atomic E-state index is 0.531. The minimum atomic E-state index is 0.531. The molecule has 0 atom stereocenters. The van der Waals surface area contributed by atoms with Crippen molar-refractivity contribution in [1.82, 2.24) is 9.55 Å². The summed E-state index contributed by atoms with van der Waals surface area (Å²) in [5.74, 6) is 0. The first-order valence-corrected chi connectivity index (χ1v) is 6.32. The van der Waals surface area contributed by atoms with E-state index in [1.165, 1.54) is 24.8 Å². The Balaban J connectivity index is 2.09. The summed E-state index contributed by atoms with van der Waals surface area (Å²) in [5.41, 5.74) is 2.93. The van der Waals surface area contributed by atoms with E-state index in [1.54, 1.807) is 0 Å². The predicted octanol–water partition coefficient (Wildman–Crippen LogP) is 3.89. The second-order valence-corrected chi connectivity index (χ2v) is 5.27. The first-order chi connectivity index (χ1) is 7.74. The monoisotopic (exact) mass is 232 g/mol. The lowest BCUT2D eigenvalue weighted by Gasteiger charge is -2.13. The van der Waals surface area contributed by atoms with E-state index >= 15 is 0 Å². The van der Waals surface area contributed by atoms with E-state index in [9.17, 15) is 0 Å². The summed E-state index contributed by atoms with van der Waals surface area (Å²) < 4.78 is 3.13. The molecule has 0 unspecified atom stereocenters. The van der Waals surface area contributed by atoms with Crippen molar-refractivity contribution in [1.29, 1.82) is 0 Å². The lowest BCUT2D eigenvalue weighted by atomic mass is 10.0. The van der Waals surface area contributed by atoms with Crippen LogP contribution in [0.15, 0.2) is 24.3 Å². The summed E-state index contributed by atoms with van der Waals surface area (Å²) in [4.78, 5) is 3.28. The highest BCUT2D eigenvalue weighted by Crippen LogP contribution is 2.50. The molecule has 0 saturated heterocycles. The third kappa shape index (κ3) is 1.50. The molecule has 3 rings (SSSR count). The van der Waals surface area contributed by atoms with Gasteiger partial charge in [-0.25, -0.2) is 0 Å². The lowest BCUT2D eigenvalue weighted by Crippen LogP contribution is -2.10. The number of para-hydroxylation sites is 2. The smallest absolute Gasteiger partial charge is 0.178 e. The Morgan fingerprint density at radius 3 is 2.81 bits per heavy atom. The highest BCUT2D eigenvalue weighted by Gasteiger charge is 2.41. The third-order valence-corrected chi connectivity index (χ3v) is 4.20. The molecule has 3 heteroatoms. The molecule has 1 saturated carbocycles. The van der Waals surface area contributed by atoms with Crippen LogP contribution < -0.4 is 0 Å². The summed E-state index contributed by atoms with van der Waals surface area (Å²) in [6.07, 6.45) is 3.96. The molecule has 2 nitrogen and oxygen atoms in total. The van der Waals surface area contributed by atoms with Crippen molar-refractivity contribution in [3.8, 4) is 0 Å². The second kappa shape index (κ2) is 3.45. The maximum atomic E-state index is 5.40. The van der Waals surface area contributed by atoms with Gasteiger partial charge < -0.3 is 9.55 Å². The van der Waals surface area contributed by atoms with Crippen LogP contribution in [-0.4, -0.2) is 9.55 Å². The van der Waals surface area contributed by atoms with E-state index < -0.39 is 0 Å². The molecule has 84 valence electrons. The van der Waals surface area contributed by atoms with Gasteiger partial charge in [0.2, 0.25) is 0 Å². The number of H-pyrrole nitrogens is 1. The topological polar surface area (TPSA) is 20.7 Å². The Bertz CT molecular complexity index is 575. The Morgan fingerprint density at radius 1 is 1.38 bits per heavy atom. The molecular formula is C13H16N2S. The maximum absolute atomic E-state index is 5.40. The molecule has 1 heterocycles. The largest absolute Gasteiger partial charge is 0.331 e. The van der Waals surface area contributed by atoms with Crippen molar-refractivity contribution < 1.29 is 0 Å². The van der Waals surface area contributed by atoms with Gasteiger partial charge in [0, 0.05) is 6.54 Å². The predicted molar refractivity (Wildman–Crippen MR) is 69.1 cm³/mol. The number of benzene rings is 1. The Morgan fingerprint density at radius 2 is 2.12 bits per heavy atom. The van der Waals surface area contributed by atoms with Gasteiger partial charge in [0.25, 0.3) is 0 Å². The highest BCUT2D eigenvalue weighted by molar-refractivity contribution is 7.71. The molecule has 1 aromatic carbocycles. The van der Waals surface area contributed by atoms with Gasteiger partial charge in [0.1, 0.15) is 0 Å². The quantitative estimate of drug-likeness (QED) is 0.796. The number of fused-ring (bicyclic) bond motifs is 1. The lowest BCUT2D eigenvalue weighted by molar-refractivity contribution is 0.413. The van der Waals surface area contributed by atoms with Crippen LogP contribution in [0.5, 0.6) is 0 Å². The SMILES string of the molecule is CCC1(Cn2c(=S)[nH]c3ccccc32)CC1. The molecule has 1 aliphatic rings. The number of nitrogens with zero attached hydrogens (tertiary/aromatic N) is 1. The highest BCUT2D eigenvalue weighted by atomic mass is 32.1. The fraction of sp³-hybridized carbons (Fsp3) is 0.462. The van der Waals surface area contributed by atoms with Crippen LogP contribution in [0.25, 0.3) is 11.0 Å². The molecule has 16 heavy (non-hydrogen) atoms. The van der Waals surface area contributed by atoms with E-state index in [0.717, 1.165) is 16.8 Å². The van der Waals surface area contributed by atoms with Crippen molar-refractivity contribution in [3.63, 3.8) is 0 Å². The zero-order valence-electron chi connectivity index (χ0n) is 9.49. The van der Waals surface area contributed by atoms with Gasteiger partial charge in [-0.2, -0.15) is 0 Å². The zero-order valence-corrected chi connectivity index (χ0v) is 10.3. The second-order valence-electron chi connectivity index (χ2n) is 4.89. The van der Waals surface area contributed by atoms with Crippen molar-refractivity contribution in [2.24, 2.45) is 5.41 Å². The van der Waals surface area contributed by atoms with Crippen LogP contribution in [0.4, 0.5) is 0 Å². The van der Waals surface area contributed by atoms with Crippen LogP contribution in [0, 0.1) is 10.2 Å². The molecule has 0 radical (unpaired) electrons. The first kappa shape index (κ1) is 10.1. The van der Waals surface area contributed by atoms with Gasteiger partial charge >= 0.3 is 0 Å². The van der Waals surface area contributed by atoms with Crippen LogP contribution in [0.3, 0.4) is 0 Å². The van der Waals surface area contributed by atoms with Gasteiger partial charge in [-0.3, -0.25) is 0 Å². The number of aromatic nitrogens is 2. The third-order valence-electron chi connectivity index (χ3n) is 3.88. The van der Waals surface area contributed by atoms with Gasteiger partial charge in [-0.1, -0.05) is 19.1 Å². The molecule has 0 spiro atoms. The van der Waals surface area contributed by atoms with Gasteiger partial charge in [0.05, 0.1) is 11.0 Å². The van der Waals surface area contributed by atoms with E-state index in [2.05, 4.69) is 34.7 Å². The molecule has 1 N–H and O–H groups in total. The van der Waals surface area contributed by atoms with E-state index in [0.29, 0.717) is 5.41 Å². The fourth-order valence-corrected chi connectivity index (χ4v) is 2.67. The normalized spacial score (nSPS) is 17.8. The summed E-state index contributed by atoms with van der Waals surface area (Å²) in [7, 11) is 0. The summed E-state index contributed by atoms with van der Waals surface area (Å²) in [6, 6.07) is 8.36. The number of aromatic amines is 1. The van der Waals surface area contributed by atoms with E-state index in [-0.39, 0.29) is 0 Å². The molecule has 1 aliphatic carbocycles. The molecule has 1 aromatic heterocycles. The Labute approximate surface area is 100 Å². The Hall–Kier alpha value is -1.09. The van der Waals surface area contributed by atoms with Gasteiger partial charge in [-0.05, 0) is 49.0 Å².